The second-order valence-corrected chi connectivity index (χ2v) is 7.36. The Morgan fingerprint density at radius 3 is 2.74 bits per heavy atom. The zero-order valence-corrected chi connectivity index (χ0v) is 17.4. The van der Waals surface area contributed by atoms with Crippen LogP contribution in [0.5, 0.6) is 5.75 Å². The van der Waals surface area contributed by atoms with Crippen LogP contribution >= 0.6 is 0 Å². The summed E-state index contributed by atoms with van der Waals surface area (Å²) in [6.45, 7) is 3.03. The average molecular weight is 422 g/mol. The van der Waals surface area contributed by atoms with E-state index in [1.165, 1.54) is 32.2 Å². The van der Waals surface area contributed by atoms with E-state index in [0.29, 0.717) is 31.6 Å². The lowest BCUT2D eigenvalue weighted by atomic mass is 10.1. The van der Waals surface area contributed by atoms with Crippen LogP contribution in [0.1, 0.15) is 23.1 Å². The summed E-state index contributed by atoms with van der Waals surface area (Å²) in [7, 11) is 1.42. The fourth-order valence-corrected chi connectivity index (χ4v) is 3.84. The Morgan fingerprint density at radius 2 is 1.97 bits per heavy atom. The number of benzene rings is 2. The molecule has 0 fully saturated rings. The molecule has 160 valence electrons. The molecule has 0 saturated heterocycles. The van der Waals surface area contributed by atoms with Gasteiger partial charge >= 0.3 is 0 Å². The molecule has 8 heteroatoms. The lowest BCUT2D eigenvalue weighted by molar-refractivity contribution is -0.114. The lowest BCUT2D eigenvalue weighted by Gasteiger charge is -2.21. The van der Waals surface area contributed by atoms with E-state index in [9.17, 15) is 14.0 Å². The molecule has 1 N–H and O–H groups in total. The van der Waals surface area contributed by atoms with Gasteiger partial charge in [0.2, 0.25) is 5.91 Å². The Labute approximate surface area is 179 Å². The summed E-state index contributed by atoms with van der Waals surface area (Å²) in [5.41, 5.74) is 2.92. The first-order valence-electron chi connectivity index (χ1n) is 10.0. The van der Waals surface area contributed by atoms with Crippen molar-refractivity contribution in [3.05, 3.63) is 65.9 Å². The standard InChI is InChI=1S/C23H23FN4O3/c1-15(29)26-18-5-3-4-16(12-18)20-14-25-22-8-9-27(10-11-28(20)22)23(30)19-7-6-17(24)13-21(19)31-2/h3-7,12-14H,8-11H2,1-2H3,(H,26,29). The second kappa shape index (κ2) is 8.59. The highest BCUT2D eigenvalue weighted by Crippen LogP contribution is 2.27. The van der Waals surface area contributed by atoms with Crippen molar-refractivity contribution >= 4 is 17.5 Å². The number of hydrogen-bond acceptors (Lipinski definition) is 4. The number of nitrogens with zero attached hydrogens (tertiary/aromatic N) is 3. The van der Waals surface area contributed by atoms with Crippen LogP contribution in [-0.4, -0.2) is 46.5 Å². The Kier molecular flexibility index (Phi) is 5.70. The number of hydrogen-bond donors (Lipinski definition) is 1. The van der Waals surface area contributed by atoms with E-state index < -0.39 is 5.82 Å². The van der Waals surface area contributed by atoms with Crippen molar-refractivity contribution in [1.29, 1.82) is 0 Å². The molecule has 0 unspecified atom stereocenters. The first-order chi connectivity index (χ1) is 15.0. The molecule has 0 spiro atoms. The highest BCUT2D eigenvalue weighted by molar-refractivity contribution is 5.97. The van der Waals surface area contributed by atoms with Crippen molar-refractivity contribution in [3.8, 4) is 17.0 Å². The molecular weight excluding hydrogens is 399 g/mol. The SMILES string of the molecule is COc1cc(F)ccc1C(=O)N1CCc2ncc(-c3cccc(NC(C)=O)c3)n2CC1. The molecule has 1 aromatic heterocycles. The van der Waals surface area contributed by atoms with E-state index in [1.54, 1.807) is 4.90 Å². The van der Waals surface area contributed by atoms with E-state index >= 15 is 0 Å². The third-order valence-electron chi connectivity index (χ3n) is 5.30. The molecule has 0 atom stereocenters. The molecule has 3 aromatic rings. The Bertz CT molecular complexity index is 1140. The zero-order valence-electron chi connectivity index (χ0n) is 17.4. The predicted octanol–water partition coefficient (Wildman–Crippen LogP) is 3.35. The van der Waals surface area contributed by atoms with Crippen molar-refractivity contribution in [3.63, 3.8) is 0 Å². The fourth-order valence-electron chi connectivity index (χ4n) is 3.84. The first kappa shape index (κ1) is 20.6. The third kappa shape index (κ3) is 4.28. The van der Waals surface area contributed by atoms with Crippen molar-refractivity contribution in [2.75, 3.05) is 25.5 Å². The van der Waals surface area contributed by atoms with Crippen LogP contribution in [0.25, 0.3) is 11.3 Å². The van der Waals surface area contributed by atoms with Crippen molar-refractivity contribution < 1.29 is 18.7 Å². The summed E-state index contributed by atoms with van der Waals surface area (Å²) in [6.07, 6.45) is 2.42. The molecule has 0 bridgehead atoms. The number of rotatable bonds is 4. The maximum Gasteiger partial charge on any atom is 0.257 e. The predicted molar refractivity (Wildman–Crippen MR) is 115 cm³/mol. The molecule has 1 aliphatic heterocycles. The average Bonchev–Trinajstić information content (AvgIpc) is 3.04. The Hall–Kier alpha value is -3.68. The van der Waals surface area contributed by atoms with Gasteiger partial charge in [0.05, 0.1) is 24.6 Å². The number of nitrogens with one attached hydrogen (secondary N) is 1. The van der Waals surface area contributed by atoms with Gasteiger partial charge in [-0.25, -0.2) is 9.37 Å². The number of ether oxygens (including phenoxy) is 1. The van der Waals surface area contributed by atoms with E-state index in [4.69, 9.17) is 4.74 Å². The Morgan fingerprint density at radius 1 is 1.13 bits per heavy atom. The van der Waals surface area contributed by atoms with Crippen LogP contribution in [0.15, 0.2) is 48.7 Å². The fraction of sp³-hybridized carbons (Fsp3) is 0.261. The van der Waals surface area contributed by atoms with Crippen LogP contribution in [0.4, 0.5) is 10.1 Å². The quantitative estimate of drug-likeness (QED) is 0.700. The number of halogens is 1. The molecular formula is C23H23FN4O3. The van der Waals surface area contributed by atoms with Gasteiger partial charge in [-0.15, -0.1) is 0 Å². The van der Waals surface area contributed by atoms with E-state index in [0.717, 1.165) is 22.8 Å². The summed E-state index contributed by atoms with van der Waals surface area (Å²) in [4.78, 5) is 30.7. The molecule has 31 heavy (non-hydrogen) atoms. The summed E-state index contributed by atoms with van der Waals surface area (Å²) >= 11 is 0. The first-order valence-corrected chi connectivity index (χ1v) is 10.0. The number of carbonyl (C=O) groups excluding carboxylic acids is 2. The normalized spacial score (nSPS) is 13.3. The molecule has 2 amide bonds. The molecule has 0 radical (unpaired) electrons. The highest BCUT2D eigenvalue weighted by atomic mass is 19.1. The van der Waals surface area contributed by atoms with Crippen molar-refractivity contribution in [1.82, 2.24) is 14.5 Å². The minimum absolute atomic E-state index is 0.130. The maximum absolute atomic E-state index is 13.5. The number of carbonyl (C=O) groups is 2. The van der Waals surface area contributed by atoms with Gasteiger partial charge in [0.25, 0.3) is 5.91 Å². The maximum atomic E-state index is 13.5. The van der Waals surface area contributed by atoms with Crippen molar-refractivity contribution in [2.45, 2.75) is 19.9 Å². The van der Waals surface area contributed by atoms with Gasteiger partial charge < -0.3 is 19.5 Å². The summed E-state index contributed by atoms with van der Waals surface area (Å²) < 4.78 is 20.8. The van der Waals surface area contributed by atoms with Gasteiger partial charge in [0.1, 0.15) is 17.4 Å². The smallest absolute Gasteiger partial charge is 0.257 e. The number of amides is 2. The molecule has 1 aliphatic rings. The third-order valence-corrected chi connectivity index (χ3v) is 5.30. The molecule has 2 aromatic carbocycles. The lowest BCUT2D eigenvalue weighted by Crippen LogP contribution is -2.34. The molecule has 0 aliphatic carbocycles. The van der Waals surface area contributed by atoms with E-state index in [1.807, 2.05) is 30.5 Å². The minimum Gasteiger partial charge on any atom is -0.496 e. The highest BCUT2D eigenvalue weighted by Gasteiger charge is 2.24. The summed E-state index contributed by atoms with van der Waals surface area (Å²) in [6, 6.07) is 11.5. The number of aromatic nitrogens is 2. The van der Waals surface area contributed by atoms with Gasteiger partial charge in [-0.05, 0) is 24.3 Å². The number of imidazole rings is 1. The van der Waals surface area contributed by atoms with E-state index in [-0.39, 0.29) is 17.6 Å². The summed E-state index contributed by atoms with van der Waals surface area (Å²) in [5.74, 6) is 0.339. The van der Waals surface area contributed by atoms with Gasteiger partial charge in [-0.3, -0.25) is 9.59 Å². The van der Waals surface area contributed by atoms with Gasteiger partial charge in [-0.1, -0.05) is 12.1 Å². The second-order valence-electron chi connectivity index (χ2n) is 7.36. The van der Waals surface area contributed by atoms with Crippen LogP contribution in [-0.2, 0) is 17.8 Å². The largest absolute Gasteiger partial charge is 0.496 e. The Balaban J connectivity index is 1.56. The van der Waals surface area contributed by atoms with Gasteiger partial charge in [0.15, 0.2) is 0 Å². The number of fused-ring (bicyclic) bond motifs is 1. The minimum atomic E-state index is -0.449. The van der Waals surface area contributed by atoms with Crippen molar-refractivity contribution in [2.24, 2.45) is 0 Å². The van der Waals surface area contributed by atoms with Crippen LogP contribution in [0, 0.1) is 5.82 Å². The van der Waals surface area contributed by atoms with Gasteiger partial charge in [0, 0.05) is 50.3 Å². The van der Waals surface area contributed by atoms with Crippen LogP contribution in [0.2, 0.25) is 0 Å². The number of methoxy groups -OCH3 is 1. The molecule has 4 rings (SSSR count). The monoisotopic (exact) mass is 422 g/mol. The topological polar surface area (TPSA) is 76.5 Å². The van der Waals surface area contributed by atoms with Crippen LogP contribution < -0.4 is 10.1 Å². The number of anilines is 1. The molecule has 0 saturated carbocycles. The summed E-state index contributed by atoms with van der Waals surface area (Å²) in [5, 5.41) is 2.79. The zero-order chi connectivity index (χ0) is 22.0. The molecule has 7 nitrogen and oxygen atoms in total. The molecule has 2 heterocycles. The van der Waals surface area contributed by atoms with Gasteiger partial charge in [-0.2, -0.15) is 0 Å². The van der Waals surface area contributed by atoms with Crippen LogP contribution in [0.3, 0.4) is 0 Å². The van der Waals surface area contributed by atoms with E-state index in [2.05, 4.69) is 14.9 Å².